The number of hydrogen-bond acceptors (Lipinski definition) is 16. The molecule has 4 amide bonds. The molecule has 2 aliphatic rings. The second-order valence-corrected chi connectivity index (χ2v) is 22.0. The number of carbonyl (C=O) groups excluding carboxylic acids is 7. The number of rotatable bonds is 21. The normalized spacial score (nSPS) is 18.0. The van der Waals surface area contributed by atoms with Gasteiger partial charge in [-0.25, -0.2) is 19.2 Å². The van der Waals surface area contributed by atoms with Crippen LogP contribution in [0.15, 0.2) is 182 Å². The van der Waals surface area contributed by atoms with E-state index in [0.29, 0.717) is 16.7 Å². The fourth-order valence-electron chi connectivity index (χ4n) is 10.4. The molecule has 9 rings (SSSR count). The number of carbonyl (C=O) groups is 7. The first kappa shape index (κ1) is 61.5. The Morgan fingerprint density at radius 2 is 0.931 bits per heavy atom. The van der Waals surface area contributed by atoms with Crippen molar-refractivity contribution in [3.05, 3.63) is 221 Å². The van der Waals surface area contributed by atoms with Gasteiger partial charge in [0.05, 0.1) is 11.1 Å². The minimum atomic E-state index is -2.00. The number of alkyl carbamates (subject to hydrolysis) is 1. The topological polar surface area (TPSA) is 284 Å². The Kier molecular flexibility index (Phi) is 19.6. The van der Waals surface area contributed by atoms with Crippen LogP contribution in [-0.2, 0) is 66.9 Å². The number of fused-ring (bicyclic) bond motifs is 3. The van der Waals surface area contributed by atoms with Crippen molar-refractivity contribution in [2.24, 2.45) is 0 Å². The molecule has 1 heterocycles. The molecule has 1 saturated heterocycles. The molecule has 1 fully saturated rings. The summed E-state index contributed by atoms with van der Waals surface area (Å²) in [5.74, 6) is -6.29. The summed E-state index contributed by atoms with van der Waals surface area (Å²) in [6, 6.07) is 42.5. The summed E-state index contributed by atoms with van der Waals surface area (Å²) in [5, 5.41) is 41.3. The third kappa shape index (κ3) is 15.8. The van der Waals surface area contributed by atoms with Gasteiger partial charge in [0.25, 0.3) is 5.91 Å². The average molecular weight is 1180 g/mol. The first-order valence-electron chi connectivity index (χ1n) is 28.1. The van der Waals surface area contributed by atoms with E-state index in [9.17, 15) is 39.3 Å². The second kappa shape index (κ2) is 27.8. The van der Waals surface area contributed by atoms with E-state index in [0.717, 1.165) is 22.3 Å². The molecule has 0 bridgehead atoms. The number of amides is 4. The molecule has 0 spiro atoms. The summed E-state index contributed by atoms with van der Waals surface area (Å²) in [4.78, 5) is 102. The van der Waals surface area contributed by atoms with Gasteiger partial charge in [-0.05, 0) is 120 Å². The molecule has 7 N–H and O–H groups in total. The smallest absolute Gasteiger partial charge is 0.407 e. The SMILES string of the molecule is CO[C@@H]1O[C@H](C(=O)N[C@@H](Cc2ccc(O)cc2)C(=O)N[C@@H](Cc2ccc(O)cc2)C(=O)N[C@@H](Cc2ccc(O)cc2)C(=O)OC(C)(C)C)[C@@H](OC(=O)c2ccccc2)[C@H](OC(=O)c2ccccc2)[C@H]1NC(=O)OCC1c2ccccc2-c2ccccc21. The fraction of sp³-hybridized carbons (Fsp3) is 0.269. The third-order valence-electron chi connectivity index (χ3n) is 14.6. The van der Waals surface area contributed by atoms with Crippen LogP contribution in [0.5, 0.6) is 17.2 Å². The number of aromatic hydroxyl groups is 3. The Morgan fingerprint density at radius 3 is 1.39 bits per heavy atom. The number of ether oxygens (including phenoxy) is 6. The molecule has 7 aromatic carbocycles. The molecule has 87 heavy (non-hydrogen) atoms. The van der Waals surface area contributed by atoms with Crippen molar-refractivity contribution in [3.8, 4) is 28.4 Å². The quantitative estimate of drug-likeness (QED) is 0.0273. The maximum absolute atomic E-state index is 15.4. The van der Waals surface area contributed by atoms with Gasteiger partial charge in [-0.15, -0.1) is 0 Å². The summed E-state index contributed by atoms with van der Waals surface area (Å²) in [6.45, 7) is 4.83. The lowest BCUT2D eigenvalue weighted by Gasteiger charge is -2.44. The zero-order valence-electron chi connectivity index (χ0n) is 48.0. The third-order valence-corrected chi connectivity index (χ3v) is 14.6. The number of benzene rings is 7. The van der Waals surface area contributed by atoms with Gasteiger partial charge in [0.15, 0.2) is 24.6 Å². The zero-order chi connectivity index (χ0) is 61.8. The van der Waals surface area contributed by atoms with E-state index in [2.05, 4.69) is 21.3 Å². The summed E-state index contributed by atoms with van der Waals surface area (Å²) in [5.41, 5.74) is 4.31. The molecule has 0 aromatic heterocycles. The lowest BCUT2D eigenvalue weighted by Crippen LogP contribution is -2.69. The Hall–Kier alpha value is -10.1. The molecule has 0 saturated carbocycles. The number of phenolic OH excluding ortho intramolecular Hbond substituents is 3. The van der Waals surface area contributed by atoms with Gasteiger partial charge < -0.3 is 65.0 Å². The number of nitrogens with one attached hydrogen (secondary N) is 4. The molecular formula is C67H66N4O16. The highest BCUT2D eigenvalue weighted by Gasteiger charge is 2.55. The molecular weight excluding hydrogens is 1120 g/mol. The van der Waals surface area contributed by atoms with Crippen LogP contribution in [0.2, 0.25) is 0 Å². The maximum Gasteiger partial charge on any atom is 0.407 e. The van der Waals surface area contributed by atoms with Gasteiger partial charge in [-0.3, -0.25) is 14.4 Å². The Bertz CT molecular complexity index is 3520. The summed E-state index contributed by atoms with van der Waals surface area (Å²) in [6.07, 6.45) is -9.03. The molecule has 20 nitrogen and oxygen atoms in total. The number of phenols is 3. The van der Waals surface area contributed by atoms with Crippen LogP contribution < -0.4 is 21.3 Å². The van der Waals surface area contributed by atoms with Crippen molar-refractivity contribution in [3.63, 3.8) is 0 Å². The molecule has 1 aliphatic heterocycles. The van der Waals surface area contributed by atoms with Crippen LogP contribution in [0.3, 0.4) is 0 Å². The second-order valence-electron chi connectivity index (χ2n) is 22.0. The molecule has 0 radical (unpaired) electrons. The minimum Gasteiger partial charge on any atom is -0.508 e. The standard InChI is InChI=1S/C67H66N4O16/c1-67(2,3)87-64(80)54(37-41-27-33-46(74)34-28-41)70-60(76)52(35-39-23-29-44(72)30-24-39)68-59(75)53(36-40-25-31-45(73)32-26-40)69-61(77)58-57(85-63(79)43-17-9-6-10-18-43)56(84-62(78)42-15-7-5-8-16-42)55(65(82-4)86-58)71-66(81)83-38-51-49-21-13-11-19-47(49)48-20-12-14-22-50(48)51/h5-34,51-58,65,72-74H,35-38H2,1-4H3,(H,68,75)(H,69,77)(H,70,76)(H,71,81)/t52-,53-,54-,55+,56+,57-,58-,65+/m0/s1. The van der Waals surface area contributed by atoms with Gasteiger partial charge in [0.2, 0.25) is 11.8 Å². The predicted molar refractivity (Wildman–Crippen MR) is 316 cm³/mol. The van der Waals surface area contributed by atoms with Crippen molar-refractivity contribution in [2.75, 3.05) is 13.7 Å². The van der Waals surface area contributed by atoms with E-state index < -0.39 is 96.1 Å². The molecule has 0 unspecified atom stereocenters. The van der Waals surface area contributed by atoms with E-state index in [1.807, 2.05) is 48.5 Å². The van der Waals surface area contributed by atoms with Crippen LogP contribution in [0.1, 0.15) is 75.2 Å². The van der Waals surface area contributed by atoms with Gasteiger partial charge in [-0.2, -0.15) is 0 Å². The highest BCUT2D eigenvalue weighted by atomic mass is 16.7. The molecule has 1 aliphatic carbocycles. The van der Waals surface area contributed by atoms with E-state index >= 15 is 9.59 Å². The largest absolute Gasteiger partial charge is 0.508 e. The first-order valence-corrected chi connectivity index (χ1v) is 28.1. The molecule has 20 heteroatoms. The molecule has 7 aromatic rings. The number of methoxy groups -OCH3 is 1. The molecule has 8 atom stereocenters. The summed E-state index contributed by atoms with van der Waals surface area (Å²) >= 11 is 0. The average Bonchev–Trinajstić information content (AvgIpc) is 2.27. The van der Waals surface area contributed by atoms with Crippen LogP contribution in [0, 0.1) is 0 Å². The highest BCUT2D eigenvalue weighted by Crippen LogP contribution is 2.44. The first-order chi connectivity index (χ1) is 41.8. The summed E-state index contributed by atoms with van der Waals surface area (Å²) in [7, 11) is 1.21. The van der Waals surface area contributed by atoms with E-state index in [4.69, 9.17) is 28.4 Å². The van der Waals surface area contributed by atoms with E-state index in [1.165, 1.54) is 92.0 Å². The van der Waals surface area contributed by atoms with Crippen molar-refractivity contribution in [1.82, 2.24) is 21.3 Å². The van der Waals surface area contributed by atoms with Gasteiger partial charge in [0, 0.05) is 32.3 Å². The van der Waals surface area contributed by atoms with E-state index in [-0.39, 0.29) is 60.2 Å². The van der Waals surface area contributed by atoms with Gasteiger partial charge in [-0.1, -0.05) is 121 Å². The predicted octanol–water partition coefficient (Wildman–Crippen LogP) is 7.36. The Balaban J connectivity index is 1.05. The van der Waals surface area contributed by atoms with Crippen LogP contribution in [0.4, 0.5) is 4.79 Å². The monoisotopic (exact) mass is 1180 g/mol. The van der Waals surface area contributed by atoms with Crippen LogP contribution >= 0.6 is 0 Å². The highest BCUT2D eigenvalue weighted by molar-refractivity contribution is 5.96. The van der Waals surface area contributed by atoms with Gasteiger partial charge in [0.1, 0.15) is 53.6 Å². The lowest BCUT2D eigenvalue weighted by atomic mass is 9.94. The van der Waals surface area contributed by atoms with Crippen molar-refractivity contribution in [1.29, 1.82) is 0 Å². The fourth-order valence-corrected chi connectivity index (χ4v) is 10.4. The maximum atomic E-state index is 15.4. The Morgan fingerprint density at radius 1 is 0.517 bits per heavy atom. The van der Waals surface area contributed by atoms with Crippen molar-refractivity contribution < 1.29 is 77.3 Å². The minimum absolute atomic E-state index is 0.0132. The molecule has 450 valence electrons. The van der Waals surface area contributed by atoms with Crippen LogP contribution in [0.25, 0.3) is 11.1 Å². The van der Waals surface area contributed by atoms with Crippen molar-refractivity contribution in [2.45, 2.75) is 100 Å². The van der Waals surface area contributed by atoms with Crippen LogP contribution in [-0.4, -0.2) is 125 Å². The van der Waals surface area contributed by atoms with E-state index in [1.54, 1.807) is 69.3 Å². The number of esters is 3. The van der Waals surface area contributed by atoms with Gasteiger partial charge >= 0.3 is 24.0 Å². The Labute approximate surface area is 501 Å². The zero-order valence-corrected chi connectivity index (χ0v) is 48.0. The summed E-state index contributed by atoms with van der Waals surface area (Å²) < 4.78 is 36.2. The lowest BCUT2D eigenvalue weighted by molar-refractivity contribution is -0.250. The van der Waals surface area contributed by atoms with Crippen molar-refractivity contribution >= 4 is 41.7 Å². The number of hydrogen-bond donors (Lipinski definition) is 7.